The van der Waals surface area contributed by atoms with Crippen molar-refractivity contribution in [2.24, 2.45) is 0 Å². The summed E-state index contributed by atoms with van der Waals surface area (Å²) in [6.45, 7) is 1.88. The van der Waals surface area contributed by atoms with Crippen LogP contribution in [-0.2, 0) is 21.2 Å². The zero-order valence-corrected chi connectivity index (χ0v) is 16.5. The molecule has 3 aromatic rings. The highest BCUT2D eigenvalue weighted by Crippen LogP contribution is 2.17. The van der Waals surface area contributed by atoms with Crippen LogP contribution < -0.4 is 10.0 Å². The maximum atomic E-state index is 13.0. The molecule has 0 aliphatic heterocycles. The molecule has 3 rings (SSSR count). The van der Waals surface area contributed by atoms with Gasteiger partial charge in [0.05, 0.1) is 17.4 Å². The number of benzene rings is 2. The number of nitrogens with zero attached hydrogens (tertiary/aromatic N) is 1. The van der Waals surface area contributed by atoms with Gasteiger partial charge in [0, 0.05) is 18.1 Å². The zero-order chi connectivity index (χ0) is 20.9. The summed E-state index contributed by atoms with van der Waals surface area (Å²) in [5.41, 5.74) is 2.00. The number of anilines is 1. The van der Waals surface area contributed by atoms with Crippen molar-refractivity contribution in [1.29, 1.82) is 0 Å². The van der Waals surface area contributed by atoms with Gasteiger partial charge < -0.3 is 5.32 Å². The summed E-state index contributed by atoms with van der Waals surface area (Å²) in [5, 5.41) is 2.90. The Labute approximate surface area is 168 Å². The van der Waals surface area contributed by atoms with Crippen molar-refractivity contribution in [3.8, 4) is 0 Å². The van der Waals surface area contributed by atoms with Crippen LogP contribution in [-0.4, -0.2) is 19.3 Å². The number of hydrogen-bond acceptors (Lipinski definition) is 4. The molecule has 0 saturated carbocycles. The lowest BCUT2D eigenvalue weighted by Crippen LogP contribution is -2.28. The number of hydrogen-bond donors (Lipinski definition) is 2. The van der Waals surface area contributed by atoms with Gasteiger partial charge in [0.15, 0.2) is 0 Å². The number of pyridine rings is 1. The quantitative estimate of drug-likeness (QED) is 0.621. The molecule has 150 valence electrons. The number of amides is 1. The Morgan fingerprint density at radius 3 is 2.38 bits per heavy atom. The molecule has 6 nitrogen and oxygen atoms in total. The van der Waals surface area contributed by atoms with Gasteiger partial charge >= 0.3 is 0 Å². The van der Waals surface area contributed by atoms with Crippen molar-refractivity contribution in [1.82, 2.24) is 10.3 Å². The van der Waals surface area contributed by atoms with Crippen molar-refractivity contribution in [3.05, 3.63) is 90.0 Å². The molecule has 1 heterocycles. The fourth-order valence-electron chi connectivity index (χ4n) is 2.71. The van der Waals surface area contributed by atoms with Crippen molar-refractivity contribution in [2.75, 3.05) is 4.72 Å². The summed E-state index contributed by atoms with van der Waals surface area (Å²) in [6, 6.07) is 14.6. The molecule has 2 aromatic carbocycles. The predicted octanol–water partition coefficient (Wildman–Crippen LogP) is 3.44. The zero-order valence-electron chi connectivity index (χ0n) is 15.7. The van der Waals surface area contributed by atoms with Gasteiger partial charge in [0.1, 0.15) is 5.82 Å². The van der Waals surface area contributed by atoms with Crippen molar-refractivity contribution >= 4 is 21.6 Å². The fourth-order valence-corrected chi connectivity index (χ4v) is 3.77. The van der Waals surface area contributed by atoms with Gasteiger partial charge in [-0.15, -0.1) is 0 Å². The highest BCUT2D eigenvalue weighted by Gasteiger charge is 2.15. The predicted molar refractivity (Wildman–Crippen MR) is 108 cm³/mol. The topological polar surface area (TPSA) is 88.2 Å². The first-order valence-electron chi connectivity index (χ1n) is 8.90. The maximum Gasteiger partial charge on any atom is 0.261 e. The first-order chi connectivity index (χ1) is 13.8. The van der Waals surface area contributed by atoms with E-state index < -0.39 is 15.8 Å². The molecule has 0 bridgehead atoms. The van der Waals surface area contributed by atoms with Crippen LogP contribution in [0.3, 0.4) is 0 Å². The molecular weight excluding hydrogens is 393 g/mol. The van der Waals surface area contributed by atoms with Gasteiger partial charge in [-0.05, 0) is 60.5 Å². The molecule has 2 N–H and O–H groups in total. The van der Waals surface area contributed by atoms with E-state index in [9.17, 15) is 17.6 Å². The van der Waals surface area contributed by atoms with Crippen LogP contribution in [0.4, 0.5) is 10.1 Å². The SMILES string of the molecule is C[C@H](NC(=O)Cc1ccc(NS(=O)(=O)c2ccc(F)cc2)cc1)c1cccnc1. The minimum absolute atomic E-state index is 0.0354. The lowest BCUT2D eigenvalue weighted by molar-refractivity contribution is -0.121. The Balaban J connectivity index is 1.60. The van der Waals surface area contributed by atoms with Gasteiger partial charge in [0.2, 0.25) is 5.91 Å². The lowest BCUT2D eigenvalue weighted by Gasteiger charge is -2.14. The van der Waals surface area contributed by atoms with Crippen molar-refractivity contribution < 1.29 is 17.6 Å². The van der Waals surface area contributed by atoms with E-state index in [4.69, 9.17) is 0 Å². The number of sulfonamides is 1. The second kappa shape index (κ2) is 8.83. The molecule has 0 fully saturated rings. The van der Waals surface area contributed by atoms with Crippen LogP contribution >= 0.6 is 0 Å². The normalized spacial score (nSPS) is 12.2. The Morgan fingerprint density at radius 1 is 1.07 bits per heavy atom. The minimum atomic E-state index is -3.81. The molecule has 1 amide bonds. The van der Waals surface area contributed by atoms with Crippen LogP contribution in [0, 0.1) is 5.82 Å². The molecule has 0 aliphatic rings. The number of aromatic nitrogens is 1. The van der Waals surface area contributed by atoms with Crippen LogP contribution in [0.2, 0.25) is 0 Å². The van der Waals surface area contributed by atoms with E-state index in [0.29, 0.717) is 5.69 Å². The molecular formula is C21H20FN3O3S. The molecule has 1 atom stereocenters. The summed E-state index contributed by atoms with van der Waals surface area (Å²) in [5.74, 6) is -0.662. The Bertz CT molecular complexity index is 1070. The van der Waals surface area contributed by atoms with E-state index in [1.54, 1.807) is 36.7 Å². The van der Waals surface area contributed by atoms with Gasteiger partial charge in [-0.2, -0.15) is 0 Å². The smallest absolute Gasteiger partial charge is 0.261 e. The summed E-state index contributed by atoms with van der Waals surface area (Å²) in [4.78, 5) is 16.2. The van der Waals surface area contributed by atoms with Crippen LogP contribution in [0.5, 0.6) is 0 Å². The minimum Gasteiger partial charge on any atom is -0.349 e. The van der Waals surface area contributed by atoms with Crippen LogP contribution in [0.25, 0.3) is 0 Å². The highest BCUT2D eigenvalue weighted by atomic mass is 32.2. The number of rotatable bonds is 7. The van der Waals surface area contributed by atoms with E-state index in [1.165, 1.54) is 12.1 Å². The standard InChI is InChI=1S/C21H20FN3O3S/c1-15(17-3-2-12-23-14-17)24-21(26)13-16-4-8-19(9-5-16)25-29(27,28)20-10-6-18(22)7-11-20/h2-12,14-15,25H,13H2,1H3,(H,24,26)/t15-/m0/s1. The first-order valence-corrected chi connectivity index (χ1v) is 10.4. The monoisotopic (exact) mass is 413 g/mol. The average molecular weight is 413 g/mol. The maximum absolute atomic E-state index is 13.0. The van der Waals surface area contributed by atoms with Gasteiger partial charge in [0.25, 0.3) is 10.0 Å². The lowest BCUT2D eigenvalue weighted by atomic mass is 10.1. The van der Waals surface area contributed by atoms with Crippen molar-refractivity contribution in [3.63, 3.8) is 0 Å². The molecule has 0 radical (unpaired) electrons. The Morgan fingerprint density at radius 2 is 1.76 bits per heavy atom. The number of nitrogens with one attached hydrogen (secondary N) is 2. The third-order valence-electron chi connectivity index (χ3n) is 4.26. The van der Waals surface area contributed by atoms with E-state index in [-0.39, 0.29) is 23.3 Å². The van der Waals surface area contributed by atoms with Gasteiger partial charge in [-0.3, -0.25) is 14.5 Å². The fraction of sp³-hybridized carbons (Fsp3) is 0.143. The van der Waals surface area contributed by atoms with E-state index in [0.717, 1.165) is 23.3 Å². The van der Waals surface area contributed by atoms with Gasteiger partial charge in [-0.1, -0.05) is 18.2 Å². The average Bonchev–Trinajstić information content (AvgIpc) is 2.70. The third-order valence-corrected chi connectivity index (χ3v) is 5.65. The number of carbonyl (C=O) groups is 1. The molecule has 29 heavy (non-hydrogen) atoms. The molecule has 0 saturated heterocycles. The Hall–Kier alpha value is -3.26. The molecule has 0 aliphatic carbocycles. The number of carbonyl (C=O) groups excluding carboxylic acids is 1. The largest absolute Gasteiger partial charge is 0.349 e. The highest BCUT2D eigenvalue weighted by molar-refractivity contribution is 7.92. The van der Waals surface area contributed by atoms with E-state index in [2.05, 4.69) is 15.0 Å². The summed E-state index contributed by atoms with van der Waals surface area (Å²) >= 11 is 0. The molecule has 0 unspecified atom stereocenters. The second-order valence-corrected chi connectivity index (χ2v) is 8.19. The Kier molecular flexibility index (Phi) is 6.23. The van der Waals surface area contributed by atoms with E-state index in [1.807, 2.05) is 19.1 Å². The van der Waals surface area contributed by atoms with Crippen LogP contribution in [0.15, 0.2) is 78.0 Å². The summed E-state index contributed by atoms with van der Waals surface area (Å²) in [6.07, 6.45) is 3.53. The van der Waals surface area contributed by atoms with E-state index >= 15 is 0 Å². The number of halogens is 1. The third kappa shape index (κ3) is 5.61. The second-order valence-electron chi connectivity index (χ2n) is 6.51. The molecule has 8 heteroatoms. The molecule has 1 aromatic heterocycles. The first kappa shape index (κ1) is 20.5. The van der Waals surface area contributed by atoms with Crippen LogP contribution in [0.1, 0.15) is 24.1 Å². The summed E-state index contributed by atoms with van der Waals surface area (Å²) < 4.78 is 40.1. The molecule has 0 spiro atoms. The van der Waals surface area contributed by atoms with Gasteiger partial charge in [-0.25, -0.2) is 12.8 Å². The van der Waals surface area contributed by atoms with Crippen molar-refractivity contribution in [2.45, 2.75) is 24.3 Å². The summed E-state index contributed by atoms with van der Waals surface area (Å²) in [7, 11) is -3.81.